The summed E-state index contributed by atoms with van der Waals surface area (Å²) in [5.41, 5.74) is 2.29. The van der Waals surface area contributed by atoms with Crippen molar-refractivity contribution in [3.63, 3.8) is 0 Å². The predicted octanol–water partition coefficient (Wildman–Crippen LogP) is 4.37. The summed E-state index contributed by atoms with van der Waals surface area (Å²) >= 11 is 0. The van der Waals surface area contributed by atoms with Gasteiger partial charge in [-0.05, 0) is 42.8 Å². The first-order valence-corrected chi connectivity index (χ1v) is 7.81. The summed E-state index contributed by atoms with van der Waals surface area (Å²) < 4.78 is 24.9. The van der Waals surface area contributed by atoms with Gasteiger partial charge in [-0.15, -0.1) is 0 Å². The number of fused-ring (bicyclic) bond motifs is 2. The number of rotatable bonds is 3. The van der Waals surface area contributed by atoms with Gasteiger partial charge in [-0.1, -0.05) is 6.07 Å². The van der Waals surface area contributed by atoms with Crippen LogP contribution in [0, 0.1) is 12.7 Å². The molecule has 2 heterocycles. The van der Waals surface area contributed by atoms with Crippen LogP contribution in [-0.4, -0.2) is 4.98 Å². The summed E-state index contributed by atoms with van der Waals surface area (Å²) in [5, 5.41) is 1.32. The molecule has 0 saturated carbocycles. The molecular formula is C20H14FNO3. The van der Waals surface area contributed by atoms with Crippen LogP contribution in [-0.2, 0) is 6.61 Å². The van der Waals surface area contributed by atoms with Gasteiger partial charge in [0.1, 0.15) is 23.8 Å². The summed E-state index contributed by atoms with van der Waals surface area (Å²) in [6.07, 6.45) is 1.62. The second-order valence-corrected chi connectivity index (χ2v) is 5.80. The van der Waals surface area contributed by atoms with Gasteiger partial charge in [0.15, 0.2) is 0 Å². The zero-order valence-electron chi connectivity index (χ0n) is 13.5. The van der Waals surface area contributed by atoms with Crippen molar-refractivity contribution in [2.45, 2.75) is 13.5 Å². The van der Waals surface area contributed by atoms with Gasteiger partial charge in [-0.25, -0.2) is 9.18 Å². The standard InChI is InChI=1S/C20H14FNO3/c1-12-9-19(23)25-18-10-14(5-6-15(12)18)24-11-13-4-7-17(21)16-3-2-8-22-20(13)16/h2-10H,11H2,1H3. The van der Waals surface area contributed by atoms with Crippen molar-refractivity contribution >= 4 is 21.9 Å². The fourth-order valence-corrected chi connectivity index (χ4v) is 2.87. The second-order valence-electron chi connectivity index (χ2n) is 5.80. The monoisotopic (exact) mass is 335 g/mol. The molecule has 2 aromatic carbocycles. The predicted molar refractivity (Wildman–Crippen MR) is 93.3 cm³/mol. The molecule has 124 valence electrons. The van der Waals surface area contributed by atoms with E-state index in [4.69, 9.17) is 9.15 Å². The number of hydrogen-bond donors (Lipinski definition) is 0. The summed E-state index contributed by atoms with van der Waals surface area (Å²) in [7, 11) is 0. The molecule has 0 atom stereocenters. The molecule has 0 aliphatic carbocycles. The fourth-order valence-electron chi connectivity index (χ4n) is 2.87. The molecule has 4 aromatic rings. The van der Waals surface area contributed by atoms with E-state index in [-0.39, 0.29) is 12.4 Å². The van der Waals surface area contributed by atoms with Gasteiger partial charge in [-0.3, -0.25) is 4.98 Å². The van der Waals surface area contributed by atoms with Gasteiger partial charge < -0.3 is 9.15 Å². The maximum atomic E-state index is 13.9. The van der Waals surface area contributed by atoms with Crippen LogP contribution in [0.4, 0.5) is 4.39 Å². The highest BCUT2D eigenvalue weighted by molar-refractivity contribution is 5.82. The lowest BCUT2D eigenvalue weighted by atomic mass is 10.1. The molecule has 4 nitrogen and oxygen atoms in total. The van der Waals surface area contributed by atoms with Crippen LogP contribution in [0.25, 0.3) is 21.9 Å². The Kier molecular flexibility index (Phi) is 3.69. The molecule has 0 amide bonds. The molecule has 2 aromatic heterocycles. The van der Waals surface area contributed by atoms with Crippen LogP contribution in [0.3, 0.4) is 0 Å². The smallest absolute Gasteiger partial charge is 0.336 e. The van der Waals surface area contributed by atoms with E-state index in [9.17, 15) is 9.18 Å². The molecule has 0 bridgehead atoms. The maximum absolute atomic E-state index is 13.9. The summed E-state index contributed by atoms with van der Waals surface area (Å²) in [6.45, 7) is 2.09. The molecule has 0 fully saturated rings. The minimum atomic E-state index is -0.393. The molecule has 25 heavy (non-hydrogen) atoms. The zero-order chi connectivity index (χ0) is 17.4. The highest BCUT2D eigenvalue weighted by Crippen LogP contribution is 2.25. The third-order valence-electron chi connectivity index (χ3n) is 4.12. The Balaban J connectivity index is 1.67. The Labute approximate surface area is 142 Å². The highest BCUT2D eigenvalue weighted by Gasteiger charge is 2.09. The third-order valence-corrected chi connectivity index (χ3v) is 4.12. The van der Waals surface area contributed by atoms with Crippen LogP contribution in [0.1, 0.15) is 11.1 Å². The van der Waals surface area contributed by atoms with Crippen LogP contribution >= 0.6 is 0 Å². The lowest BCUT2D eigenvalue weighted by molar-refractivity contribution is 0.307. The van der Waals surface area contributed by atoms with E-state index in [0.29, 0.717) is 22.2 Å². The summed E-state index contributed by atoms with van der Waals surface area (Å²) in [4.78, 5) is 15.8. The number of aromatic nitrogens is 1. The molecule has 0 radical (unpaired) electrons. The van der Waals surface area contributed by atoms with E-state index >= 15 is 0 Å². The van der Waals surface area contributed by atoms with Crippen LogP contribution in [0.2, 0.25) is 0 Å². The van der Waals surface area contributed by atoms with E-state index in [0.717, 1.165) is 16.5 Å². The molecule has 0 N–H and O–H groups in total. The largest absolute Gasteiger partial charge is 0.489 e. The van der Waals surface area contributed by atoms with E-state index in [2.05, 4.69) is 4.98 Å². The second kappa shape index (κ2) is 6.02. The Morgan fingerprint density at radius 1 is 1.12 bits per heavy atom. The lowest BCUT2D eigenvalue weighted by Gasteiger charge is -2.10. The molecule has 0 saturated heterocycles. The number of pyridine rings is 1. The topological polar surface area (TPSA) is 52.3 Å². The molecular weight excluding hydrogens is 321 g/mol. The van der Waals surface area contributed by atoms with Crippen molar-refractivity contribution in [2.24, 2.45) is 0 Å². The van der Waals surface area contributed by atoms with Crippen molar-refractivity contribution < 1.29 is 13.5 Å². The Hall–Kier alpha value is -3.21. The Bertz CT molecular complexity index is 1150. The van der Waals surface area contributed by atoms with Crippen molar-refractivity contribution in [1.29, 1.82) is 0 Å². The average molecular weight is 335 g/mol. The first kappa shape index (κ1) is 15.3. The van der Waals surface area contributed by atoms with Gasteiger partial charge in [0.05, 0.1) is 5.52 Å². The van der Waals surface area contributed by atoms with E-state index in [1.165, 1.54) is 12.1 Å². The highest BCUT2D eigenvalue weighted by atomic mass is 19.1. The quantitative estimate of drug-likeness (QED) is 0.522. The molecule has 0 aliphatic rings. The molecule has 4 rings (SSSR count). The van der Waals surface area contributed by atoms with Crippen LogP contribution in [0.5, 0.6) is 5.75 Å². The van der Waals surface area contributed by atoms with E-state index < -0.39 is 5.63 Å². The van der Waals surface area contributed by atoms with Crippen molar-refractivity contribution in [3.8, 4) is 5.75 Å². The van der Waals surface area contributed by atoms with Crippen LogP contribution in [0.15, 0.2) is 63.9 Å². The van der Waals surface area contributed by atoms with Gasteiger partial charge in [0.25, 0.3) is 0 Å². The Morgan fingerprint density at radius 3 is 2.88 bits per heavy atom. The normalized spacial score (nSPS) is 11.1. The molecule has 0 spiro atoms. The first-order chi connectivity index (χ1) is 12.1. The summed E-state index contributed by atoms with van der Waals surface area (Å²) in [5.74, 6) is 0.254. The average Bonchev–Trinajstić information content (AvgIpc) is 2.61. The van der Waals surface area contributed by atoms with Gasteiger partial charge in [0, 0.05) is 34.7 Å². The number of aryl methyl sites for hydroxylation is 1. The minimum absolute atomic E-state index is 0.231. The summed E-state index contributed by atoms with van der Waals surface area (Å²) in [6, 6.07) is 13.3. The van der Waals surface area contributed by atoms with E-state index in [1.807, 2.05) is 19.1 Å². The van der Waals surface area contributed by atoms with Crippen molar-refractivity contribution in [3.05, 3.63) is 82.1 Å². The van der Waals surface area contributed by atoms with Gasteiger partial charge in [-0.2, -0.15) is 0 Å². The lowest BCUT2D eigenvalue weighted by Crippen LogP contribution is -2.00. The number of nitrogens with zero attached hydrogens (tertiary/aromatic N) is 1. The van der Waals surface area contributed by atoms with E-state index in [1.54, 1.807) is 30.5 Å². The third kappa shape index (κ3) is 2.85. The van der Waals surface area contributed by atoms with Crippen molar-refractivity contribution in [2.75, 3.05) is 0 Å². The zero-order valence-corrected chi connectivity index (χ0v) is 13.5. The van der Waals surface area contributed by atoms with Gasteiger partial charge in [0.2, 0.25) is 0 Å². The number of benzene rings is 2. The fraction of sp³-hybridized carbons (Fsp3) is 0.100. The number of halogens is 1. The SMILES string of the molecule is Cc1cc(=O)oc2cc(OCc3ccc(F)c4cccnc34)ccc12. The maximum Gasteiger partial charge on any atom is 0.336 e. The van der Waals surface area contributed by atoms with Crippen LogP contribution < -0.4 is 10.4 Å². The first-order valence-electron chi connectivity index (χ1n) is 7.81. The molecule has 5 heteroatoms. The number of ether oxygens (including phenoxy) is 1. The van der Waals surface area contributed by atoms with Crippen molar-refractivity contribution in [1.82, 2.24) is 4.98 Å². The Morgan fingerprint density at radius 2 is 2.00 bits per heavy atom. The molecule has 0 aliphatic heterocycles. The minimum Gasteiger partial charge on any atom is -0.489 e. The number of hydrogen-bond acceptors (Lipinski definition) is 4. The van der Waals surface area contributed by atoms with Gasteiger partial charge >= 0.3 is 5.63 Å². The molecule has 0 unspecified atom stereocenters.